The maximum atomic E-state index is 12.5. The Labute approximate surface area is 104 Å². The molecule has 1 rings (SSSR count). The Morgan fingerprint density at radius 1 is 1.41 bits per heavy atom. The van der Waals surface area contributed by atoms with Crippen molar-refractivity contribution in [3.8, 4) is 0 Å². The summed E-state index contributed by atoms with van der Waals surface area (Å²) in [4.78, 5) is 11.1. The van der Waals surface area contributed by atoms with E-state index >= 15 is 0 Å². The number of carbonyl (C=O) groups excluding carboxylic acids is 1. The van der Waals surface area contributed by atoms with Crippen molar-refractivity contribution in [1.29, 1.82) is 0 Å². The lowest BCUT2D eigenvalue weighted by Crippen LogP contribution is -2.23. The van der Waals surface area contributed by atoms with E-state index < -0.39 is 23.8 Å². The minimum atomic E-state index is -4.49. The lowest BCUT2D eigenvalue weighted by Gasteiger charge is -2.13. The molecule has 94 valence electrons. The second-order valence-electron chi connectivity index (χ2n) is 3.27. The smallest absolute Gasteiger partial charge is 0.416 e. The maximum Gasteiger partial charge on any atom is 0.416 e. The molecule has 1 aromatic rings. The van der Waals surface area contributed by atoms with Gasteiger partial charge in [-0.15, -0.1) is 0 Å². The summed E-state index contributed by atoms with van der Waals surface area (Å²) >= 11 is 2.94. The molecule has 0 bridgehead atoms. The number of esters is 1. The van der Waals surface area contributed by atoms with E-state index in [1.54, 1.807) is 0 Å². The van der Waals surface area contributed by atoms with E-state index in [9.17, 15) is 18.0 Å². The van der Waals surface area contributed by atoms with Crippen LogP contribution in [-0.4, -0.2) is 13.1 Å². The molecule has 17 heavy (non-hydrogen) atoms. The minimum Gasteiger partial charge on any atom is -0.468 e. The molecule has 0 radical (unpaired) electrons. The van der Waals surface area contributed by atoms with Gasteiger partial charge in [0.2, 0.25) is 0 Å². The first kappa shape index (κ1) is 14.0. The van der Waals surface area contributed by atoms with Crippen LogP contribution in [0, 0.1) is 0 Å². The number of benzene rings is 1. The second-order valence-corrected chi connectivity index (χ2v) is 4.19. The Balaban J connectivity index is 3.18. The number of methoxy groups -OCH3 is 1. The second kappa shape index (κ2) is 5.05. The number of nitrogens with two attached hydrogens (primary N) is 1. The lowest BCUT2D eigenvalue weighted by molar-refractivity contribution is -0.143. The fraction of sp³-hybridized carbons (Fsp3) is 0.300. The van der Waals surface area contributed by atoms with Crippen LogP contribution in [-0.2, 0) is 15.7 Å². The van der Waals surface area contributed by atoms with Crippen LogP contribution in [0.1, 0.15) is 17.2 Å². The Kier molecular flexibility index (Phi) is 4.16. The summed E-state index contributed by atoms with van der Waals surface area (Å²) in [5, 5.41) is 0. The molecule has 0 aliphatic rings. The summed E-state index contributed by atoms with van der Waals surface area (Å²) in [6.45, 7) is 0. The third-order valence-corrected chi connectivity index (χ3v) is 2.52. The normalized spacial score (nSPS) is 13.3. The molecule has 7 heteroatoms. The average molecular weight is 312 g/mol. The van der Waals surface area contributed by atoms with Gasteiger partial charge in [0.1, 0.15) is 6.04 Å². The highest BCUT2D eigenvalue weighted by atomic mass is 79.9. The van der Waals surface area contributed by atoms with Crippen molar-refractivity contribution in [1.82, 2.24) is 0 Å². The summed E-state index contributed by atoms with van der Waals surface area (Å²) in [5.41, 5.74) is 4.63. The van der Waals surface area contributed by atoms with Gasteiger partial charge in [0, 0.05) is 4.47 Å². The first-order valence-corrected chi connectivity index (χ1v) is 5.26. The van der Waals surface area contributed by atoms with Crippen LogP contribution in [0.25, 0.3) is 0 Å². The number of ether oxygens (including phenoxy) is 1. The number of hydrogen-bond donors (Lipinski definition) is 1. The quantitative estimate of drug-likeness (QED) is 0.854. The molecule has 0 spiro atoms. The lowest BCUT2D eigenvalue weighted by atomic mass is 10.0. The first-order chi connectivity index (χ1) is 7.75. The number of carbonyl (C=O) groups is 1. The summed E-state index contributed by atoms with van der Waals surface area (Å²) in [6, 6.07) is 1.84. The van der Waals surface area contributed by atoms with Crippen molar-refractivity contribution in [2.24, 2.45) is 5.73 Å². The molecule has 0 aliphatic heterocycles. The molecule has 0 aliphatic carbocycles. The van der Waals surface area contributed by atoms with Crippen molar-refractivity contribution >= 4 is 21.9 Å². The number of halogens is 4. The summed E-state index contributed by atoms with van der Waals surface area (Å²) in [5.74, 6) is -0.795. The van der Waals surface area contributed by atoms with Gasteiger partial charge < -0.3 is 10.5 Å². The molecule has 1 atom stereocenters. The van der Waals surface area contributed by atoms with Gasteiger partial charge in [-0.3, -0.25) is 4.79 Å². The Hall–Kier alpha value is -1.08. The van der Waals surface area contributed by atoms with Crippen molar-refractivity contribution in [3.05, 3.63) is 33.8 Å². The molecule has 0 fully saturated rings. The highest BCUT2D eigenvalue weighted by Gasteiger charge is 2.32. The molecule has 0 saturated carbocycles. The number of hydrogen-bond acceptors (Lipinski definition) is 3. The molecule has 0 saturated heterocycles. The first-order valence-electron chi connectivity index (χ1n) is 4.47. The van der Waals surface area contributed by atoms with E-state index in [0.29, 0.717) is 0 Å². The molecular formula is C10H9BrF3NO2. The average Bonchev–Trinajstić information content (AvgIpc) is 2.25. The highest BCUT2D eigenvalue weighted by molar-refractivity contribution is 9.10. The van der Waals surface area contributed by atoms with E-state index in [-0.39, 0.29) is 10.0 Å². The topological polar surface area (TPSA) is 52.3 Å². The van der Waals surface area contributed by atoms with E-state index in [1.807, 2.05) is 0 Å². The number of alkyl halides is 3. The van der Waals surface area contributed by atoms with Crippen LogP contribution < -0.4 is 5.73 Å². The molecule has 0 amide bonds. The van der Waals surface area contributed by atoms with Gasteiger partial charge in [-0.25, -0.2) is 0 Å². The summed E-state index contributed by atoms with van der Waals surface area (Å²) in [6.07, 6.45) is -4.49. The van der Waals surface area contributed by atoms with Crippen LogP contribution >= 0.6 is 15.9 Å². The van der Waals surface area contributed by atoms with Gasteiger partial charge in [-0.05, 0) is 23.8 Å². The molecule has 2 N–H and O–H groups in total. The van der Waals surface area contributed by atoms with Gasteiger partial charge in [0.25, 0.3) is 0 Å². The third-order valence-electron chi connectivity index (χ3n) is 2.06. The predicted octanol–water partition coefficient (Wildman–Crippen LogP) is 2.64. The van der Waals surface area contributed by atoms with Crippen molar-refractivity contribution in [2.45, 2.75) is 12.2 Å². The SMILES string of the molecule is COC(=O)[C@@H](N)c1cc(Br)cc(C(F)(F)F)c1. The Morgan fingerprint density at radius 3 is 2.47 bits per heavy atom. The minimum absolute atomic E-state index is 0.0403. The zero-order chi connectivity index (χ0) is 13.2. The van der Waals surface area contributed by atoms with Crippen molar-refractivity contribution in [3.63, 3.8) is 0 Å². The highest BCUT2D eigenvalue weighted by Crippen LogP contribution is 2.33. The zero-order valence-electron chi connectivity index (χ0n) is 8.72. The maximum absolute atomic E-state index is 12.5. The third kappa shape index (κ3) is 3.44. The van der Waals surface area contributed by atoms with E-state index in [1.165, 1.54) is 6.07 Å². The van der Waals surface area contributed by atoms with Crippen LogP contribution in [0.3, 0.4) is 0 Å². The standard InChI is InChI=1S/C10H9BrF3NO2/c1-17-9(16)8(15)5-2-6(10(12,13)14)4-7(11)3-5/h2-4,8H,15H2,1H3/t8-/m0/s1. The van der Waals surface area contributed by atoms with Crippen LogP contribution in [0.5, 0.6) is 0 Å². The van der Waals surface area contributed by atoms with E-state index in [2.05, 4.69) is 20.7 Å². The van der Waals surface area contributed by atoms with Gasteiger partial charge in [0.05, 0.1) is 12.7 Å². The van der Waals surface area contributed by atoms with Crippen LogP contribution in [0.15, 0.2) is 22.7 Å². The van der Waals surface area contributed by atoms with Gasteiger partial charge in [-0.1, -0.05) is 15.9 Å². The Morgan fingerprint density at radius 2 is 2.00 bits per heavy atom. The van der Waals surface area contributed by atoms with Gasteiger partial charge >= 0.3 is 12.1 Å². The summed E-state index contributed by atoms with van der Waals surface area (Å²) in [7, 11) is 1.12. The van der Waals surface area contributed by atoms with Gasteiger partial charge in [-0.2, -0.15) is 13.2 Å². The number of rotatable bonds is 2. The fourth-order valence-electron chi connectivity index (χ4n) is 1.22. The largest absolute Gasteiger partial charge is 0.468 e. The molecule has 0 unspecified atom stereocenters. The Bertz CT molecular complexity index is 434. The fourth-order valence-corrected chi connectivity index (χ4v) is 1.73. The molecule has 0 heterocycles. The summed E-state index contributed by atoms with van der Waals surface area (Å²) < 4.78 is 42.1. The van der Waals surface area contributed by atoms with Crippen LogP contribution in [0.2, 0.25) is 0 Å². The molecule has 0 aromatic heterocycles. The molecule has 1 aromatic carbocycles. The van der Waals surface area contributed by atoms with E-state index in [4.69, 9.17) is 5.73 Å². The van der Waals surface area contributed by atoms with E-state index in [0.717, 1.165) is 19.2 Å². The van der Waals surface area contributed by atoms with Gasteiger partial charge in [0.15, 0.2) is 0 Å². The molecular weight excluding hydrogens is 303 g/mol. The zero-order valence-corrected chi connectivity index (χ0v) is 10.3. The monoisotopic (exact) mass is 311 g/mol. The predicted molar refractivity (Wildman–Crippen MR) is 58.1 cm³/mol. The van der Waals surface area contributed by atoms with Crippen molar-refractivity contribution in [2.75, 3.05) is 7.11 Å². The van der Waals surface area contributed by atoms with Crippen molar-refractivity contribution < 1.29 is 22.7 Å². The van der Waals surface area contributed by atoms with Crippen LogP contribution in [0.4, 0.5) is 13.2 Å². The molecule has 3 nitrogen and oxygen atoms in total.